The van der Waals surface area contributed by atoms with E-state index in [1.54, 1.807) is 19.1 Å². The van der Waals surface area contributed by atoms with Crippen molar-refractivity contribution in [1.82, 2.24) is 0 Å². The topological polar surface area (TPSA) is 69.4 Å². The molecule has 1 aromatic carbocycles. The summed E-state index contributed by atoms with van der Waals surface area (Å²) in [5.74, 6) is 0.325. The normalized spacial score (nSPS) is 16.1. The predicted octanol–water partition coefficient (Wildman–Crippen LogP) is 1.74. The SMILES string of the molecule is Cc1cc(S(=O)(=O)COCC2CC2)ccc1N. The summed E-state index contributed by atoms with van der Waals surface area (Å²) in [5.41, 5.74) is 7.03. The van der Waals surface area contributed by atoms with Crippen LogP contribution in [0.1, 0.15) is 18.4 Å². The van der Waals surface area contributed by atoms with Crippen molar-refractivity contribution in [1.29, 1.82) is 0 Å². The van der Waals surface area contributed by atoms with Crippen molar-refractivity contribution in [3.05, 3.63) is 23.8 Å². The summed E-state index contributed by atoms with van der Waals surface area (Å²) in [6.45, 7) is 2.34. The lowest BCUT2D eigenvalue weighted by molar-refractivity contribution is 0.165. The van der Waals surface area contributed by atoms with Crippen LogP contribution in [0.15, 0.2) is 23.1 Å². The molecule has 1 fully saturated rings. The van der Waals surface area contributed by atoms with Crippen molar-refractivity contribution in [3.8, 4) is 0 Å². The number of benzene rings is 1. The van der Waals surface area contributed by atoms with Gasteiger partial charge in [0.1, 0.15) is 0 Å². The van der Waals surface area contributed by atoms with E-state index < -0.39 is 9.84 Å². The molecule has 0 bridgehead atoms. The van der Waals surface area contributed by atoms with E-state index in [-0.39, 0.29) is 10.8 Å². The van der Waals surface area contributed by atoms with Gasteiger partial charge in [-0.25, -0.2) is 8.42 Å². The van der Waals surface area contributed by atoms with Gasteiger partial charge in [0, 0.05) is 5.69 Å². The van der Waals surface area contributed by atoms with Crippen LogP contribution < -0.4 is 5.73 Å². The summed E-state index contributed by atoms with van der Waals surface area (Å²) in [6, 6.07) is 4.73. The number of hydrogen-bond donors (Lipinski definition) is 1. The first kappa shape index (κ1) is 12.4. The molecule has 0 unspecified atom stereocenters. The first-order valence-electron chi connectivity index (χ1n) is 5.65. The van der Waals surface area contributed by atoms with Gasteiger partial charge in [-0.05, 0) is 49.4 Å². The van der Waals surface area contributed by atoms with Crippen LogP contribution in [0.3, 0.4) is 0 Å². The zero-order valence-corrected chi connectivity index (χ0v) is 10.7. The molecule has 5 heteroatoms. The maximum atomic E-state index is 11.9. The van der Waals surface area contributed by atoms with E-state index in [0.29, 0.717) is 18.2 Å². The molecule has 2 rings (SSSR count). The van der Waals surface area contributed by atoms with E-state index in [1.165, 1.54) is 6.07 Å². The quantitative estimate of drug-likeness (QED) is 0.814. The Bertz CT molecular complexity index is 506. The van der Waals surface area contributed by atoms with E-state index in [2.05, 4.69) is 0 Å². The van der Waals surface area contributed by atoms with Gasteiger partial charge < -0.3 is 10.5 Å². The van der Waals surface area contributed by atoms with Gasteiger partial charge in [0.25, 0.3) is 0 Å². The molecule has 1 aromatic rings. The second kappa shape index (κ2) is 4.66. The van der Waals surface area contributed by atoms with E-state index >= 15 is 0 Å². The molecule has 4 nitrogen and oxygen atoms in total. The Morgan fingerprint density at radius 2 is 2.12 bits per heavy atom. The maximum absolute atomic E-state index is 11.9. The second-order valence-corrected chi connectivity index (χ2v) is 6.50. The average Bonchev–Trinajstić information content (AvgIpc) is 3.05. The Morgan fingerprint density at radius 3 is 2.71 bits per heavy atom. The summed E-state index contributed by atoms with van der Waals surface area (Å²) in [4.78, 5) is 0.278. The minimum absolute atomic E-state index is 0.243. The third-order valence-corrected chi connectivity index (χ3v) is 4.34. The lowest BCUT2D eigenvalue weighted by atomic mass is 10.2. The van der Waals surface area contributed by atoms with Crippen LogP contribution in [0.4, 0.5) is 5.69 Å². The number of anilines is 1. The van der Waals surface area contributed by atoms with E-state index in [0.717, 1.165) is 18.4 Å². The molecule has 1 aliphatic carbocycles. The average molecular weight is 255 g/mol. The van der Waals surface area contributed by atoms with E-state index in [9.17, 15) is 8.42 Å². The highest BCUT2D eigenvalue weighted by atomic mass is 32.2. The molecule has 0 aliphatic heterocycles. The maximum Gasteiger partial charge on any atom is 0.202 e. The molecular weight excluding hydrogens is 238 g/mol. The number of hydrogen-bond acceptors (Lipinski definition) is 4. The minimum Gasteiger partial charge on any atom is -0.399 e. The monoisotopic (exact) mass is 255 g/mol. The van der Waals surface area contributed by atoms with Crippen molar-refractivity contribution < 1.29 is 13.2 Å². The lowest BCUT2D eigenvalue weighted by Crippen LogP contribution is -2.12. The number of ether oxygens (including phenoxy) is 1. The van der Waals surface area contributed by atoms with E-state index in [1.807, 2.05) is 0 Å². The molecule has 1 aliphatic rings. The number of nitrogen functional groups attached to an aromatic ring is 1. The fourth-order valence-corrected chi connectivity index (χ4v) is 2.60. The molecule has 2 N–H and O–H groups in total. The van der Waals surface area contributed by atoms with Gasteiger partial charge in [0.2, 0.25) is 9.84 Å². The van der Waals surface area contributed by atoms with Crippen LogP contribution in [0, 0.1) is 12.8 Å². The van der Waals surface area contributed by atoms with Crippen molar-refractivity contribution >= 4 is 15.5 Å². The minimum atomic E-state index is -3.35. The highest BCUT2D eigenvalue weighted by Gasteiger charge is 2.23. The Kier molecular flexibility index (Phi) is 3.40. The summed E-state index contributed by atoms with van der Waals surface area (Å²) >= 11 is 0. The summed E-state index contributed by atoms with van der Waals surface area (Å²) in [6.07, 6.45) is 2.31. The molecule has 0 atom stereocenters. The molecule has 0 saturated heterocycles. The first-order valence-corrected chi connectivity index (χ1v) is 7.31. The first-order chi connectivity index (χ1) is 7.99. The van der Waals surface area contributed by atoms with Crippen molar-refractivity contribution in [2.24, 2.45) is 5.92 Å². The standard InChI is InChI=1S/C12H17NO3S/c1-9-6-11(4-5-12(9)13)17(14,15)8-16-7-10-2-3-10/h4-6,10H,2-3,7-8,13H2,1H3. The molecule has 0 aromatic heterocycles. The number of sulfone groups is 1. The molecule has 0 spiro atoms. The zero-order chi connectivity index (χ0) is 12.5. The third-order valence-electron chi connectivity index (χ3n) is 2.89. The zero-order valence-electron chi connectivity index (χ0n) is 9.85. The Labute approximate surface area is 102 Å². The molecular formula is C12H17NO3S. The molecule has 1 saturated carbocycles. The number of nitrogens with two attached hydrogens (primary N) is 1. The van der Waals surface area contributed by atoms with Crippen LogP contribution in [0.25, 0.3) is 0 Å². The van der Waals surface area contributed by atoms with Gasteiger partial charge in [-0.1, -0.05) is 0 Å². The van der Waals surface area contributed by atoms with Gasteiger partial charge in [-0.2, -0.15) is 0 Å². The van der Waals surface area contributed by atoms with Crippen LogP contribution in [0.2, 0.25) is 0 Å². The smallest absolute Gasteiger partial charge is 0.202 e. The molecule has 17 heavy (non-hydrogen) atoms. The Balaban J connectivity index is 2.04. The largest absolute Gasteiger partial charge is 0.399 e. The van der Waals surface area contributed by atoms with Gasteiger partial charge in [0.05, 0.1) is 11.5 Å². The van der Waals surface area contributed by atoms with Crippen LogP contribution >= 0.6 is 0 Å². The Hall–Kier alpha value is -1.07. The second-order valence-electron chi connectivity index (χ2n) is 4.57. The third kappa shape index (κ3) is 3.20. The predicted molar refractivity (Wildman–Crippen MR) is 66.3 cm³/mol. The number of aryl methyl sites for hydroxylation is 1. The van der Waals surface area contributed by atoms with Gasteiger partial charge in [-0.3, -0.25) is 0 Å². The van der Waals surface area contributed by atoms with Crippen LogP contribution in [0.5, 0.6) is 0 Å². The van der Waals surface area contributed by atoms with Crippen LogP contribution in [-0.2, 0) is 14.6 Å². The molecule has 0 heterocycles. The van der Waals surface area contributed by atoms with E-state index in [4.69, 9.17) is 10.5 Å². The Morgan fingerprint density at radius 1 is 1.41 bits per heavy atom. The van der Waals surface area contributed by atoms with Crippen LogP contribution in [-0.4, -0.2) is 21.0 Å². The molecule has 94 valence electrons. The highest BCUT2D eigenvalue weighted by molar-refractivity contribution is 7.91. The van der Waals surface area contributed by atoms with Gasteiger partial charge in [0.15, 0.2) is 5.94 Å². The molecule has 0 amide bonds. The lowest BCUT2D eigenvalue weighted by Gasteiger charge is -2.07. The summed E-state index contributed by atoms with van der Waals surface area (Å²) < 4.78 is 29.1. The number of rotatable bonds is 5. The summed E-state index contributed by atoms with van der Waals surface area (Å²) in [5, 5.41) is 0. The van der Waals surface area contributed by atoms with Gasteiger partial charge >= 0.3 is 0 Å². The highest BCUT2D eigenvalue weighted by Crippen LogP contribution is 2.29. The van der Waals surface area contributed by atoms with Crippen molar-refractivity contribution in [3.63, 3.8) is 0 Å². The fourth-order valence-electron chi connectivity index (χ4n) is 1.52. The van der Waals surface area contributed by atoms with Crippen molar-refractivity contribution in [2.45, 2.75) is 24.7 Å². The van der Waals surface area contributed by atoms with Gasteiger partial charge in [-0.15, -0.1) is 0 Å². The van der Waals surface area contributed by atoms with Crippen molar-refractivity contribution in [2.75, 3.05) is 18.3 Å². The fraction of sp³-hybridized carbons (Fsp3) is 0.500. The molecule has 0 radical (unpaired) electrons. The summed E-state index contributed by atoms with van der Waals surface area (Å²) in [7, 11) is -3.35.